The van der Waals surface area contributed by atoms with Gasteiger partial charge < -0.3 is 19.5 Å². The van der Waals surface area contributed by atoms with Crippen LogP contribution in [0.15, 0.2) is 42.5 Å². The standard InChI is InChI=1S/C27H39FN2O3.2ClH/c1-20(2)32-24-10-7-23(8-11-24)29(5)15-12-27(31)13-16-30(17-14-27)19-22-6-9-25(18-26(22)28)33-21(3)4;;/h6-11,18,20-21,31H,12-17,19H2,1-5H3;2*1H. The average Bonchev–Trinajstić information content (AvgIpc) is 2.75. The molecule has 0 aliphatic carbocycles. The first kappa shape index (κ1) is 31.3. The molecular weight excluding hydrogens is 490 g/mol. The van der Waals surface area contributed by atoms with E-state index in [1.807, 2.05) is 52.9 Å². The normalized spacial score (nSPS) is 15.3. The first-order valence-corrected chi connectivity index (χ1v) is 12.0. The van der Waals surface area contributed by atoms with Crippen LogP contribution in [0.1, 0.15) is 52.5 Å². The topological polar surface area (TPSA) is 45.2 Å². The van der Waals surface area contributed by atoms with Crippen molar-refractivity contribution in [2.24, 2.45) is 0 Å². The van der Waals surface area contributed by atoms with Crippen LogP contribution in [0.3, 0.4) is 0 Å². The monoisotopic (exact) mass is 530 g/mol. The maximum absolute atomic E-state index is 14.5. The number of hydrogen-bond donors (Lipinski definition) is 1. The minimum absolute atomic E-state index is 0. The van der Waals surface area contributed by atoms with Gasteiger partial charge in [0.05, 0.1) is 17.8 Å². The Balaban J connectivity index is 0.00000306. The van der Waals surface area contributed by atoms with Gasteiger partial charge in [0.25, 0.3) is 0 Å². The predicted molar refractivity (Wildman–Crippen MR) is 146 cm³/mol. The Morgan fingerprint density at radius 3 is 2.03 bits per heavy atom. The van der Waals surface area contributed by atoms with Gasteiger partial charge in [0.15, 0.2) is 0 Å². The molecule has 0 unspecified atom stereocenters. The van der Waals surface area contributed by atoms with Crippen LogP contribution in [0.25, 0.3) is 0 Å². The number of piperidine rings is 1. The molecule has 2 aromatic rings. The summed E-state index contributed by atoms with van der Waals surface area (Å²) in [4.78, 5) is 4.38. The zero-order valence-electron chi connectivity index (χ0n) is 21.5. The first-order valence-electron chi connectivity index (χ1n) is 12.0. The van der Waals surface area contributed by atoms with Crippen LogP contribution >= 0.6 is 24.8 Å². The van der Waals surface area contributed by atoms with Crippen molar-refractivity contribution >= 4 is 30.5 Å². The summed E-state index contributed by atoms with van der Waals surface area (Å²) in [6.45, 7) is 10.7. The van der Waals surface area contributed by atoms with Crippen molar-refractivity contribution in [3.05, 3.63) is 53.8 Å². The van der Waals surface area contributed by atoms with E-state index in [1.165, 1.54) is 6.07 Å². The number of nitrogens with zero attached hydrogens (tertiary/aromatic N) is 2. The third kappa shape index (κ3) is 9.68. The SMILES string of the molecule is CC(C)Oc1ccc(N(C)CCC2(O)CCN(Cc3ccc(OC(C)C)cc3F)CC2)cc1.Cl.Cl. The van der Waals surface area contributed by atoms with E-state index in [0.29, 0.717) is 37.1 Å². The molecule has 0 saturated carbocycles. The lowest BCUT2D eigenvalue weighted by Crippen LogP contribution is -2.45. The van der Waals surface area contributed by atoms with E-state index < -0.39 is 5.60 Å². The Hall–Kier alpha value is -1.73. The molecule has 1 aliphatic heterocycles. The highest BCUT2D eigenvalue weighted by atomic mass is 35.5. The smallest absolute Gasteiger partial charge is 0.131 e. The maximum Gasteiger partial charge on any atom is 0.131 e. The molecule has 3 rings (SSSR count). The Morgan fingerprint density at radius 2 is 1.49 bits per heavy atom. The van der Waals surface area contributed by atoms with Crippen molar-refractivity contribution in [1.82, 2.24) is 4.90 Å². The fourth-order valence-electron chi connectivity index (χ4n) is 4.18. The summed E-state index contributed by atoms with van der Waals surface area (Å²) in [6, 6.07) is 13.2. The quantitative estimate of drug-likeness (QED) is 0.402. The second kappa shape index (κ2) is 14.1. The highest BCUT2D eigenvalue weighted by Crippen LogP contribution is 2.29. The zero-order valence-corrected chi connectivity index (χ0v) is 23.1. The molecule has 0 atom stereocenters. The van der Waals surface area contributed by atoms with E-state index in [1.54, 1.807) is 6.07 Å². The Morgan fingerprint density at radius 1 is 0.943 bits per heavy atom. The molecule has 1 N–H and O–H groups in total. The van der Waals surface area contributed by atoms with Gasteiger partial charge in [0, 0.05) is 50.5 Å². The Labute approximate surface area is 222 Å². The van der Waals surface area contributed by atoms with Crippen molar-refractivity contribution < 1.29 is 19.0 Å². The van der Waals surface area contributed by atoms with Crippen molar-refractivity contribution in [3.8, 4) is 11.5 Å². The first-order chi connectivity index (χ1) is 15.6. The predicted octanol–water partition coefficient (Wildman–Crippen LogP) is 6.10. The summed E-state index contributed by atoms with van der Waals surface area (Å²) in [5.41, 5.74) is 1.09. The van der Waals surface area contributed by atoms with Gasteiger partial charge in [-0.15, -0.1) is 24.8 Å². The van der Waals surface area contributed by atoms with Gasteiger partial charge in [-0.1, -0.05) is 6.07 Å². The van der Waals surface area contributed by atoms with Gasteiger partial charge in [-0.2, -0.15) is 0 Å². The van der Waals surface area contributed by atoms with Gasteiger partial charge in [0.2, 0.25) is 0 Å². The minimum Gasteiger partial charge on any atom is -0.491 e. The molecular formula is C27H41Cl2FN2O3. The molecule has 1 fully saturated rings. The van der Waals surface area contributed by atoms with Crippen molar-refractivity contribution in [1.29, 1.82) is 0 Å². The van der Waals surface area contributed by atoms with Gasteiger partial charge in [-0.25, -0.2) is 4.39 Å². The van der Waals surface area contributed by atoms with Gasteiger partial charge in [0.1, 0.15) is 17.3 Å². The molecule has 0 amide bonds. The summed E-state index contributed by atoms with van der Waals surface area (Å²) in [5, 5.41) is 11.1. The number of anilines is 1. The summed E-state index contributed by atoms with van der Waals surface area (Å²) < 4.78 is 25.8. The second-order valence-corrected chi connectivity index (χ2v) is 9.75. The molecule has 0 radical (unpaired) electrons. The molecule has 1 saturated heterocycles. The van der Waals surface area contributed by atoms with E-state index >= 15 is 0 Å². The second-order valence-electron chi connectivity index (χ2n) is 9.75. The Bertz CT molecular complexity index is 888. The van der Waals surface area contributed by atoms with Crippen LogP contribution in [-0.4, -0.2) is 54.5 Å². The molecule has 0 bridgehead atoms. The largest absolute Gasteiger partial charge is 0.491 e. The molecule has 35 heavy (non-hydrogen) atoms. The molecule has 2 aromatic carbocycles. The van der Waals surface area contributed by atoms with Gasteiger partial charge >= 0.3 is 0 Å². The fraction of sp³-hybridized carbons (Fsp3) is 0.556. The van der Waals surface area contributed by atoms with Crippen LogP contribution < -0.4 is 14.4 Å². The molecule has 1 heterocycles. The molecule has 1 aliphatic rings. The lowest BCUT2D eigenvalue weighted by atomic mass is 9.88. The van der Waals surface area contributed by atoms with Crippen LogP contribution in [0, 0.1) is 5.82 Å². The van der Waals surface area contributed by atoms with Crippen molar-refractivity contribution in [2.75, 3.05) is 31.6 Å². The summed E-state index contributed by atoms with van der Waals surface area (Å²) >= 11 is 0. The number of likely N-dealkylation sites (tertiary alicyclic amines) is 1. The number of ether oxygens (including phenoxy) is 2. The van der Waals surface area contributed by atoms with E-state index in [0.717, 1.165) is 31.1 Å². The van der Waals surface area contributed by atoms with Crippen LogP contribution in [0.5, 0.6) is 11.5 Å². The summed E-state index contributed by atoms with van der Waals surface area (Å²) in [5.74, 6) is 1.19. The number of aliphatic hydroxyl groups is 1. The molecule has 5 nitrogen and oxygen atoms in total. The lowest BCUT2D eigenvalue weighted by Gasteiger charge is -2.39. The van der Waals surface area contributed by atoms with E-state index in [4.69, 9.17) is 9.47 Å². The average molecular weight is 532 g/mol. The van der Waals surface area contributed by atoms with E-state index in [9.17, 15) is 9.50 Å². The zero-order chi connectivity index (χ0) is 24.0. The summed E-state index contributed by atoms with van der Waals surface area (Å²) in [7, 11) is 2.05. The van der Waals surface area contributed by atoms with Gasteiger partial charge in [-0.3, -0.25) is 4.90 Å². The fourth-order valence-corrected chi connectivity index (χ4v) is 4.18. The summed E-state index contributed by atoms with van der Waals surface area (Å²) in [6.07, 6.45) is 2.27. The molecule has 0 spiro atoms. The van der Waals surface area contributed by atoms with E-state index in [-0.39, 0.29) is 42.8 Å². The van der Waals surface area contributed by atoms with E-state index in [2.05, 4.69) is 21.9 Å². The highest BCUT2D eigenvalue weighted by molar-refractivity contribution is 5.85. The lowest BCUT2D eigenvalue weighted by molar-refractivity contribution is -0.0277. The minimum atomic E-state index is -0.682. The van der Waals surface area contributed by atoms with Crippen molar-refractivity contribution in [3.63, 3.8) is 0 Å². The molecule has 8 heteroatoms. The third-order valence-electron chi connectivity index (χ3n) is 6.14. The maximum atomic E-state index is 14.5. The number of hydrogen-bond acceptors (Lipinski definition) is 5. The Kier molecular flexibility index (Phi) is 12.6. The van der Waals surface area contributed by atoms with Crippen LogP contribution in [0.4, 0.5) is 10.1 Å². The molecule has 0 aromatic heterocycles. The number of benzene rings is 2. The number of rotatable bonds is 10. The molecule has 198 valence electrons. The van der Waals surface area contributed by atoms with Gasteiger partial charge in [-0.05, 0) is 77.3 Å². The van der Waals surface area contributed by atoms with Crippen molar-refractivity contribution in [2.45, 2.75) is 71.3 Å². The number of halogens is 3. The third-order valence-corrected chi connectivity index (χ3v) is 6.14. The van der Waals surface area contributed by atoms with Crippen LogP contribution in [-0.2, 0) is 6.54 Å². The highest BCUT2D eigenvalue weighted by Gasteiger charge is 2.32. The van der Waals surface area contributed by atoms with Crippen LogP contribution in [0.2, 0.25) is 0 Å².